The zero-order valence-electron chi connectivity index (χ0n) is 14.1. The Labute approximate surface area is 142 Å². The Morgan fingerprint density at radius 2 is 2.12 bits per heavy atom. The maximum Gasteiger partial charge on any atom is 0.211 e. The Morgan fingerprint density at radius 1 is 1.38 bits per heavy atom. The number of aromatic hydroxyl groups is 1. The number of phenolic OH excluding ortho intramolecular Hbond substituents is 1. The Kier molecular flexibility index (Phi) is 7.45. The van der Waals surface area contributed by atoms with E-state index in [1.165, 1.54) is 6.07 Å². The molecule has 7 heteroatoms. The van der Waals surface area contributed by atoms with Crippen LogP contribution in [0.5, 0.6) is 5.75 Å². The van der Waals surface area contributed by atoms with Gasteiger partial charge in [0, 0.05) is 25.7 Å². The second kappa shape index (κ2) is 9.58. The molecule has 4 N–H and O–H groups in total. The van der Waals surface area contributed by atoms with Gasteiger partial charge in [-0.15, -0.1) is 0 Å². The lowest BCUT2D eigenvalue weighted by atomic mass is 10.1. The van der Waals surface area contributed by atoms with Gasteiger partial charge in [-0.05, 0) is 37.6 Å². The van der Waals surface area contributed by atoms with Crippen LogP contribution in [-0.2, 0) is 9.53 Å². The molecule has 2 rings (SSSR count). The normalized spacial score (nSPS) is 18.1. The van der Waals surface area contributed by atoms with Crippen molar-refractivity contribution >= 4 is 12.1 Å². The summed E-state index contributed by atoms with van der Waals surface area (Å²) in [5.41, 5.74) is 0.937. The van der Waals surface area contributed by atoms with Crippen molar-refractivity contribution in [3.8, 4) is 5.75 Å². The number of benzene rings is 1. The van der Waals surface area contributed by atoms with Crippen molar-refractivity contribution in [1.82, 2.24) is 10.2 Å². The standard InChI is InChI=1S/C17H27N3O4/c1-13(4-5-20-6-8-24-9-7-20)18-11-17(23)14-2-3-16(22)15(10-14)19-12-21/h2-3,10,12-13,17-18,22-23H,4-9,11H2,1H3,(H,19,21). The molecule has 2 atom stereocenters. The number of hydrogen-bond donors (Lipinski definition) is 4. The van der Waals surface area contributed by atoms with Crippen molar-refractivity contribution < 1.29 is 19.7 Å². The summed E-state index contributed by atoms with van der Waals surface area (Å²) < 4.78 is 5.33. The van der Waals surface area contributed by atoms with Crippen LogP contribution in [0.3, 0.4) is 0 Å². The SMILES string of the molecule is CC(CCN1CCOCC1)NCC(O)c1ccc(O)c(NC=O)c1. The van der Waals surface area contributed by atoms with Crippen molar-refractivity contribution in [1.29, 1.82) is 0 Å². The summed E-state index contributed by atoms with van der Waals surface area (Å²) in [4.78, 5) is 12.9. The zero-order valence-corrected chi connectivity index (χ0v) is 14.1. The van der Waals surface area contributed by atoms with E-state index in [4.69, 9.17) is 4.74 Å². The summed E-state index contributed by atoms with van der Waals surface area (Å²) in [7, 11) is 0. The molecule has 0 spiro atoms. The molecule has 1 aliphatic rings. The number of nitrogens with zero attached hydrogens (tertiary/aromatic N) is 1. The van der Waals surface area contributed by atoms with Crippen LogP contribution in [0.4, 0.5) is 5.69 Å². The lowest BCUT2D eigenvalue weighted by Gasteiger charge is -2.28. The van der Waals surface area contributed by atoms with E-state index in [0.717, 1.165) is 39.3 Å². The number of phenols is 1. The van der Waals surface area contributed by atoms with Crippen LogP contribution in [0, 0.1) is 0 Å². The number of carbonyl (C=O) groups is 1. The van der Waals surface area contributed by atoms with Gasteiger partial charge in [-0.1, -0.05) is 6.07 Å². The van der Waals surface area contributed by atoms with Crippen LogP contribution in [0.15, 0.2) is 18.2 Å². The molecule has 1 amide bonds. The van der Waals surface area contributed by atoms with Crippen LogP contribution in [0.1, 0.15) is 25.0 Å². The second-order valence-electron chi connectivity index (χ2n) is 6.11. The molecule has 24 heavy (non-hydrogen) atoms. The van der Waals surface area contributed by atoms with Gasteiger partial charge in [-0.3, -0.25) is 9.69 Å². The van der Waals surface area contributed by atoms with Gasteiger partial charge in [-0.25, -0.2) is 0 Å². The Morgan fingerprint density at radius 3 is 2.83 bits per heavy atom. The molecule has 1 aromatic rings. The van der Waals surface area contributed by atoms with Crippen molar-refractivity contribution in [3.05, 3.63) is 23.8 Å². The van der Waals surface area contributed by atoms with Gasteiger partial charge in [0.15, 0.2) is 0 Å². The first-order valence-electron chi connectivity index (χ1n) is 8.35. The van der Waals surface area contributed by atoms with E-state index in [1.54, 1.807) is 12.1 Å². The number of morpholine rings is 1. The Hall–Kier alpha value is -1.67. The lowest BCUT2D eigenvalue weighted by molar-refractivity contribution is -0.105. The van der Waals surface area contributed by atoms with Crippen LogP contribution >= 0.6 is 0 Å². The fourth-order valence-corrected chi connectivity index (χ4v) is 2.67. The highest BCUT2D eigenvalue weighted by atomic mass is 16.5. The lowest BCUT2D eigenvalue weighted by Crippen LogP contribution is -2.40. The Bertz CT molecular complexity index is 521. The molecule has 0 radical (unpaired) electrons. The van der Waals surface area contributed by atoms with E-state index in [2.05, 4.69) is 22.5 Å². The maximum atomic E-state index is 10.5. The molecule has 134 valence electrons. The van der Waals surface area contributed by atoms with Gasteiger partial charge >= 0.3 is 0 Å². The van der Waals surface area contributed by atoms with Gasteiger partial charge in [0.2, 0.25) is 6.41 Å². The van der Waals surface area contributed by atoms with Crippen molar-refractivity contribution in [2.24, 2.45) is 0 Å². The predicted molar refractivity (Wildman–Crippen MR) is 92.1 cm³/mol. The molecule has 1 aromatic carbocycles. The van der Waals surface area contributed by atoms with E-state index in [1.807, 2.05) is 0 Å². The quantitative estimate of drug-likeness (QED) is 0.391. The maximum absolute atomic E-state index is 10.5. The highest BCUT2D eigenvalue weighted by molar-refractivity contribution is 5.75. The molecular weight excluding hydrogens is 310 g/mol. The van der Waals surface area contributed by atoms with Crippen LogP contribution in [0.2, 0.25) is 0 Å². The number of amides is 1. The molecule has 1 heterocycles. The number of hydrogen-bond acceptors (Lipinski definition) is 6. The molecule has 1 aliphatic heterocycles. The largest absolute Gasteiger partial charge is 0.506 e. The number of nitrogens with one attached hydrogen (secondary N) is 2. The number of carbonyl (C=O) groups excluding carboxylic acids is 1. The minimum absolute atomic E-state index is 0.0233. The third kappa shape index (κ3) is 5.76. The van der Waals surface area contributed by atoms with Gasteiger partial charge < -0.3 is 25.6 Å². The minimum Gasteiger partial charge on any atom is -0.506 e. The first kappa shape index (κ1) is 18.7. The number of aliphatic hydroxyl groups excluding tert-OH is 1. The number of aliphatic hydroxyl groups is 1. The van der Waals surface area contributed by atoms with E-state index in [9.17, 15) is 15.0 Å². The third-order valence-corrected chi connectivity index (χ3v) is 4.26. The molecule has 7 nitrogen and oxygen atoms in total. The minimum atomic E-state index is -0.705. The summed E-state index contributed by atoms with van der Waals surface area (Å²) in [5.74, 6) is -0.0233. The summed E-state index contributed by atoms with van der Waals surface area (Å²) in [5, 5.41) is 25.7. The van der Waals surface area contributed by atoms with Crippen molar-refractivity contribution in [3.63, 3.8) is 0 Å². The van der Waals surface area contributed by atoms with E-state index in [0.29, 0.717) is 24.2 Å². The molecule has 1 saturated heterocycles. The van der Waals surface area contributed by atoms with E-state index >= 15 is 0 Å². The topological polar surface area (TPSA) is 94.1 Å². The molecule has 0 aliphatic carbocycles. The first-order chi connectivity index (χ1) is 11.6. The average molecular weight is 337 g/mol. The zero-order chi connectivity index (χ0) is 17.4. The van der Waals surface area contributed by atoms with Gasteiger partial charge in [0.25, 0.3) is 0 Å². The molecule has 0 bridgehead atoms. The fraction of sp³-hybridized carbons (Fsp3) is 0.588. The summed E-state index contributed by atoms with van der Waals surface area (Å²) in [6, 6.07) is 4.98. The van der Waals surface area contributed by atoms with Gasteiger partial charge in [0.1, 0.15) is 5.75 Å². The summed E-state index contributed by atoms with van der Waals surface area (Å²) in [6.45, 7) is 7.10. The van der Waals surface area contributed by atoms with Gasteiger partial charge in [-0.2, -0.15) is 0 Å². The van der Waals surface area contributed by atoms with Crippen LogP contribution < -0.4 is 10.6 Å². The molecule has 0 saturated carbocycles. The molecule has 2 unspecified atom stereocenters. The van der Waals surface area contributed by atoms with Crippen molar-refractivity contribution in [2.75, 3.05) is 44.7 Å². The smallest absolute Gasteiger partial charge is 0.211 e. The Balaban J connectivity index is 1.76. The monoisotopic (exact) mass is 337 g/mol. The molecule has 0 aromatic heterocycles. The number of rotatable bonds is 9. The van der Waals surface area contributed by atoms with E-state index < -0.39 is 6.10 Å². The van der Waals surface area contributed by atoms with Crippen LogP contribution in [-0.4, -0.2) is 67.0 Å². The second-order valence-corrected chi connectivity index (χ2v) is 6.11. The average Bonchev–Trinajstić information content (AvgIpc) is 2.61. The van der Waals surface area contributed by atoms with E-state index in [-0.39, 0.29) is 11.8 Å². The molecule has 1 fully saturated rings. The fourth-order valence-electron chi connectivity index (χ4n) is 2.67. The number of ether oxygens (including phenoxy) is 1. The molecular formula is C17H27N3O4. The number of anilines is 1. The third-order valence-electron chi connectivity index (χ3n) is 4.26. The summed E-state index contributed by atoms with van der Waals surface area (Å²) in [6.07, 6.45) is 0.792. The van der Waals surface area contributed by atoms with Gasteiger partial charge in [0.05, 0.1) is 25.0 Å². The summed E-state index contributed by atoms with van der Waals surface area (Å²) >= 11 is 0. The predicted octanol–water partition coefficient (Wildman–Crippen LogP) is 0.694. The highest BCUT2D eigenvalue weighted by Gasteiger charge is 2.14. The highest BCUT2D eigenvalue weighted by Crippen LogP contribution is 2.26. The van der Waals surface area contributed by atoms with Crippen LogP contribution in [0.25, 0.3) is 0 Å². The first-order valence-corrected chi connectivity index (χ1v) is 8.35. The van der Waals surface area contributed by atoms with Crippen molar-refractivity contribution in [2.45, 2.75) is 25.5 Å².